The molecule has 1 aromatic heterocycles. The highest BCUT2D eigenvalue weighted by Crippen LogP contribution is 2.32. The Balaban J connectivity index is 1.34. The number of ether oxygens (including phenoxy) is 1. The van der Waals surface area contributed by atoms with E-state index in [4.69, 9.17) is 27.9 Å². The average molecular weight is 536 g/mol. The molecular formula is C26H19Cl2N5O4. The number of nitrogens with one attached hydrogen (secondary N) is 4. The van der Waals surface area contributed by atoms with Gasteiger partial charge >= 0.3 is 0 Å². The molecule has 37 heavy (non-hydrogen) atoms. The molecule has 2 heterocycles. The van der Waals surface area contributed by atoms with Gasteiger partial charge in [0.15, 0.2) is 0 Å². The molecule has 4 N–H and O–H groups in total. The fourth-order valence-electron chi connectivity index (χ4n) is 3.83. The van der Waals surface area contributed by atoms with E-state index in [1.54, 1.807) is 36.4 Å². The number of fused-ring (bicyclic) bond motifs is 1. The Morgan fingerprint density at radius 2 is 1.70 bits per heavy atom. The van der Waals surface area contributed by atoms with E-state index in [-0.39, 0.29) is 23.8 Å². The van der Waals surface area contributed by atoms with Gasteiger partial charge in [0.1, 0.15) is 17.3 Å². The molecule has 0 spiro atoms. The highest BCUT2D eigenvalue weighted by atomic mass is 35.5. The van der Waals surface area contributed by atoms with Crippen LogP contribution >= 0.6 is 23.2 Å². The first-order valence-electron chi connectivity index (χ1n) is 11.2. The van der Waals surface area contributed by atoms with Crippen LogP contribution in [0.1, 0.15) is 17.9 Å². The van der Waals surface area contributed by atoms with Gasteiger partial charge in [-0.2, -0.15) is 4.98 Å². The number of nitrogens with zero attached hydrogens (tertiary/aromatic N) is 1. The van der Waals surface area contributed by atoms with E-state index in [9.17, 15) is 14.4 Å². The Kier molecular flexibility index (Phi) is 6.80. The number of amides is 2. The smallest absolute Gasteiger partial charge is 0.258 e. The molecule has 1 aliphatic rings. The van der Waals surface area contributed by atoms with Crippen LogP contribution in [0, 0.1) is 0 Å². The third kappa shape index (κ3) is 5.58. The number of hydrogen-bond donors (Lipinski definition) is 4. The number of para-hydroxylation sites is 1. The van der Waals surface area contributed by atoms with Crippen molar-refractivity contribution in [3.8, 4) is 11.5 Å². The van der Waals surface area contributed by atoms with Crippen LogP contribution in [0.25, 0.3) is 0 Å². The summed E-state index contributed by atoms with van der Waals surface area (Å²) in [5, 5.41) is 8.98. The van der Waals surface area contributed by atoms with Gasteiger partial charge in [-0.25, -0.2) is 0 Å². The van der Waals surface area contributed by atoms with Crippen molar-refractivity contribution in [3.63, 3.8) is 0 Å². The molecule has 0 radical (unpaired) electrons. The van der Waals surface area contributed by atoms with Crippen molar-refractivity contribution < 1.29 is 14.3 Å². The van der Waals surface area contributed by atoms with Gasteiger partial charge in [0.25, 0.3) is 5.56 Å². The minimum Gasteiger partial charge on any atom is -0.457 e. The summed E-state index contributed by atoms with van der Waals surface area (Å²) in [6.45, 7) is 0. The Morgan fingerprint density at radius 1 is 0.973 bits per heavy atom. The molecule has 4 aromatic rings. The molecule has 0 aliphatic carbocycles. The van der Waals surface area contributed by atoms with Crippen LogP contribution in [0.4, 0.5) is 23.1 Å². The van der Waals surface area contributed by atoms with Crippen LogP contribution in [0.5, 0.6) is 11.5 Å². The first kappa shape index (κ1) is 24.4. The zero-order valence-corrected chi connectivity index (χ0v) is 20.6. The lowest BCUT2D eigenvalue weighted by atomic mass is 9.92. The number of carbonyl (C=O) groups is 2. The van der Waals surface area contributed by atoms with E-state index in [1.165, 1.54) is 6.07 Å². The lowest BCUT2D eigenvalue weighted by molar-refractivity contribution is -0.123. The highest BCUT2D eigenvalue weighted by molar-refractivity contribution is 6.36. The van der Waals surface area contributed by atoms with Crippen LogP contribution < -0.4 is 26.2 Å². The Bertz CT molecular complexity index is 1540. The summed E-state index contributed by atoms with van der Waals surface area (Å²) in [7, 11) is 0. The molecule has 3 aromatic carbocycles. The number of H-pyrrole nitrogens is 1. The predicted octanol–water partition coefficient (Wildman–Crippen LogP) is 5.68. The van der Waals surface area contributed by atoms with Gasteiger partial charge in [-0.05, 0) is 54.6 Å². The van der Waals surface area contributed by atoms with Gasteiger partial charge in [0.05, 0.1) is 22.2 Å². The number of rotatable bonds is 6. The highest BCUT2D eigenvalue weighted by Gasteiger charge is 2.34. The number of halogens is 2. The van der Waals surface area contributed by atoms with Crippen LogP contribution in [-0.2, 0) is 9.59 Å². The molecular weight excluding hydrogens is 517 g/mol. The van der Waals surface area contributed by atoms with Crippen LogP contribution in [-0.4, -0.2) is 21.8 Å². The van der Waals surface area contributed by atoms with Crippen LogP contribution in [0.2, 0.25) is 10.0 Å². The summed E-state index contributed by atoms with van der Waals surface area (Å²) in [6.07, 6.45) is -0.200. The normalized spacial score (nSPS) is 14.3. The zero-order valence-electron chi connectivity index (χ0n) is 19.0. The quantitative estimate of drug-likeness (QED) is 0.252. The molecule has 1 atom stereocenters. The number of aromatic amines is 1. The van der Waals surface area contributed by atoms with Gasteiger partial charge in [0, 0.05) is 17.1 Å². The van der Waals surface area contributed by atoms with E-state index in [0.717, 1.165) is 0 Å². The van der Waals surface area contributed by atoms with Crippen LogP contribution in [0.15, 0.2) is 77.6 Å². The molecule has 5 rings (SSSR count). The minimum atomic E-state index is -1.03. The molecule has 1 aliphatic heterocycles. The largest absolute Gasteiger partial charge is 0.457 e. The van der Waals surface area contributed by atoms with Gasteiger partial charge in [-0.15, -0.1) is 0 Å². The monoisotopic (exact) mass is 535 g/mol. The maximum absolute atomic E-state index is 13.1. The maximum atomic E-state index is 13.1. The molecule has 1 unspecified atom stereocenters. The second-order valence-electron chi connectivity index (χ2n) is 8.16. The fraction of sp³-hybridized carbons (Fsp3) is 0.0769. The summed E-state index contributed by atoms with van der Waals surface area (Å²) in [4.78, 5) is 45.3. The SMILES string of the molecule is O=C1CC(C(=O)Nc2ccc(Oc3ccccc3)cc2)c2c(nc(Nc3ccc(Cl)cc3Cl)[nH]c2=O)N1. The van der Waals surface area contributed by atoms with E-state index < -0.39 is 23.3 Å². The third-order valence-corrected chi connectivity index (χ3v) is 6.10. The summed E-state index contributed by atoms with van der Waals surface area (Å²) < 4.78 is 5.76. The van der Waals surface area contributed by atoms with Crippen molar-refractivity contribution in [2.24, 2.45) is 0 Å². The Morgan fingerprint density at radius 3 is 2.43 bits per heavy atom. The number of aromatic nitrogens is 2. The first-order valence-corrected chi connectivity index (χ1v) is 11.9. The van der Waals surface area contributed by atoms with Crippen molar-refractivity contribution in [2.45, 2.75) is 12.3 Å². The standard InChI is InChI=1S/C26H19Cl2N5O4/c27-14-6-11-20(19(28)12-14)30-26-32-23-22(25(36)33-26)18(13-21(34)31-23)24(35)29-15-7-9-17(10-8-15)37-16-4-2-1-3-5-16/h1-12,18H,13H2,(H,29,35)(H3,30,31,32,33,34,36). The first-order chi connectivity index (χ1) is 17.9. The van der Waals surface area contributed by atoms with Crippen molar-refractivity contribution >= 4 is 58.2 Å². The molecule has 186 valence electrons. The topological polar surface area (TPSA) is 125 Å². The van der Waals surface area contributed by atoms with Crippen LogP contribution in [0.3, 0.4) is 0 Å². The van der Waals surface area contributed by atoms with Crippen molar-refractivity contribution in [1.29, 1.82) is 0 Å². The Hall–Kier alpha value is -4.34. The lowest BCUT2D eigenvalue weighted by Crippen LogP contribution is -2.36. The van der Waals surface area contributed by atoms with Crippen molar-refractivity contribution in [2.75, 3.05) is 16.0 Å². The molecule has 0 saturated carbocycles. The van der Waals surface area contributed by atoms with E-state index in [2.05, 4.69) is 25.9 Å². The summed E-state index contributed by atoms with van der Waals surface area (Å²) in [6, 6.07) is 20.8. The van der Waals surface area contributed by atoms with Crippen molar-refractivity contribution in [3.05, 3.63) is 98.8 Å². The van der Waals surface area contributed by atoms with E-state index in [1.807, 2.05) is 30.3 Å². The number of benzene rings is 3. The molecule has 0 saturated heterocycles. The summed E-state index contributed by atoms with van der Waals surface area (Å²) in [5.74, 6) is -0.665. The molecule has 2 amide bonds. The third-order valence-electron chi connectivity index (χ3n) is 5.55. The number of carbonyl (C=O) groups excluding carboxylic acids is 2. The number of anilines is 4. The lowest BCUT2D eigenvalue weighted by Gasteiger charge is -2.23. The predicted molar refractivity (Wildman–Crippen MR) is 142 cm³/mol. The van der Waals surface area contributed by atoms with Gasteiger partial charge in [0.2, 0.25) is 17.8 Å². The molecule has 11 heteroatoms. The second kappa shape index (κ2) is 10.3. The van der Waals surface area contributed by atoms with Gasteiger partial charge in [-0.3, -0.25) is 19.4 Å². The maximum Gasteiger partial charge on any atom is 0.258 e. The average Bonchev–Trinajstić information content (AvgIpc) is 2.87. The molecule has 9 nitrogen and oxygen atoms in total. The minimum absolute atomic E-state index is 0.000606. The van der Waals surface area contributed by atoms with Gasteiger partial charge < -0.3 is 20.7 Å². The van der Waals surface area contributed by atoms with Gasteiger partial charge in [-0.1, -0.05) is 41.4 Å². The number of hydrogen-bond acceptors (Lipinski definition) is 6. The van der Waals surface area contributed by atoms with Crippen molar-refractivity contribution in [1.82, 2.24) is 9.97 Å². The Labute approximate surface area is 220 Å². The summed E-state index contributed by atoms with van der Waals surface area (Å²) in [5.41, 5.74) is 0.432. The zero-order chi connectivity index (χ0) is 25.9. The second-order valence-corrected chi connectivity index (χ2v) is 9.00. The van der Waals surface area contributed by atoms with E-state index in [0.29, 0.717) is 32.9 Å². The molecule has 0 fully saturated rings. The van der Waals surface area contributed by atoms with E-state index >= 15 is 0 Å². The summed E-state index contributed by atoms with van der Waals surface area (Å²) >= 11 is 12.1. The molecule has 0 bridgehead atoms. The fourth-order valence-corrected chi connectivity index (χ4v) is 4.29.